The first-order valence-corrected chi connectivity index (χ1v) is 9.35. The fraction of sp³-hybridized carbons (Fsp3) is 0.562. The molecule has 0 bridgehead atoms. The van der Waals surface area contributed by atoms with Crippen molar-refractivity contribution in [2.75, 3.05) is 31.0 Å². The summed E-state index contributed by atoms with van der Waals surface area (Å²) in [6.45, 7) is 1.74. The highest BCUT2D eigenvalue weighted by molar-refractivity contribution is 7.96. The van der Waals surface area contributed by atoms with Crippen LogP contribution in [0.15, 0.2) is 30.3 Å². The average Bonchev–Trinajstić information content (AvgIpc) is 2.83. The van der Waals surface area contributed by atoms with E-state index in [-0.39, 0.29) is 29.1 Å². The van der Waals surface area contributed by atoms with Crippen LogP contribution in [0.25, 0.3) is 0 Å². The molecule has 1 unspecified atom stereocenters. The third kappa shape index (κ3) is 3.59. The number of amides is 1. The van der Waals surface area contributed by atoms with E-state index in [2.05, 4.69) is 6.26 Å². The van der Waals surface area contributed by atoms with Crippen molar-refractivity contribution in [3.05, 3.63) is 35.9 Å². The molecule has 1 aromatic rings. The summed E-state index contributed by atoms with van der Waals surface area (Å²) in [5.74, 6) is 1.98. The molecule has 0 radical (unpaired) electrons. The van der Waals surface area contributed by atoms with Gasteiger partial charge in [0.15, 0.2) is 5.75 Å². The first-order valence-electron chi connectivity index (χ1n) is 7.37. The van der Waals surface area contributed by atoms with Crippen molar-refractivity contribution in [3.8, 4) is 0 Å². The Morgan fingerprint density at radius 1 is 1.38 bits per heavy atom. The average molecular weight is 308 g/mol. The van der Waals surface area contributed by atoms with Gasteiger partial charge in [-0.1, -0.05) is 30.3 Å². The number of hydrogen-bond acceptors (Lipinski definition) is 3. The Morgan fingerprint density at radius 3 is 3.00 bits per heavy atom. The minimum Gasteiger partial charge on any atom is -0.375 e. The van der Waals surface area contributed by atoms with Crippen LogP contribution in [0.2, 0.25) is 0 Å². The van der Waals surface area contributed by atoms with Crippen molar-refractivity contribution < 1.29 is 14.3 Å². The Bertz CT molecular complexity index is 482. The maximum absolute atomic E-state index is 12.3. The quantitative estimate of drug-likeness (QED) is 0.790. The van der Waals surface area contributed by atoms with Gasteiger partial charge in [0.1, 0.15) is 12.0 Å². The van der Waals surface area contributed by atoms with E-state index in [1.807, 2.05) is 35.2 Å². The van der Waals surface area contributed by atoms with E-state index in [0.29, 0.717) is 25.6 Å². The normalized spacial score (nSPS) is 29.3. The number of carbonyl (C=O) groups excluding carboxylic acids is 1. The Labute approximate surface area is 128 Å². The van der Waals surface area contributed by atoms with Crippen LogP contribution in [0.1, 0.15) is 12.0 Å². The SMILES string of the molecule is C[S+]1CC[C@@H]2OC[C@H](COCc3ccccc3)N2C(=O)C1. The van der Waals surface area contributed by atoms with Crippen LogP contribution >= 0.6 is 0 Å². The predicted octanol–water partition coefficient (Wildman–Crippen LogP) is 1.41. The van der Waals surface area contributed by atoms with Crippen LogP contribution in [0.5, 0.6) is 0 Å². The van der Waals surface area contributed by atoms with E-state index in [9.17, 15) is 4.79 Å². The number of hydrogen-bond donors (Lipinski definition) is 0. The maximum atomic E-state index is 12.3. The zero-order valence-electron chi connectivity index (χ0n) is 12.4. The van der Waals surface area contributed by atoms with Gasteiger partial charge >= 0.3 is 0 Å². The molecule has 0 N–H and O–H groups in total. The molecule has 0 aromatic heterocycles. The lowest BCUT2D eigenvalue weighted by molar-refractivity contribution is -0.135. The Kier molecular flexibility index (Phi) is 4.83. The van der Waals surface area contributed by atoms with E-state index in [1.165, 1.54) is 0 Å². The maximum Gasteiger partial charge on any atom is 0.274 e. The highest BCUT2D eigenvalue weighted by atomic mass is 32.2. The van der Waals surface area contributed by atoms with Gasteiger partial charge in [0.25, 0.3) is 5.91 Å². The molecule has 2 aliphatic rings. The molecular weight excluding hydrogens is 286 g/mol. The number of nitrogens with zero attached hydrogens (tertiary/aromatic N) is 1. The van der Waals surface area contributed by atoms with Crippen LogP contribution in [0.4, 0.5) is 0 Å². The topological polar surface area (TPSA) is 38.8 Å². The van der Waals surface area contributed by atoms with Crippen LogP contribution in [0, 0.1) is 0 Å². The molecule has 2 aliphatic heterocycles. The van der Waals surface area contributed by atoms with Crippen molar-refractivity contribution in [1.82, 2.24) is 4.90 Å². The standard InChI is InChI=1S/C16H22NO3S/c1-21-8-7-16-17(15(18)12-21)14(11-20-16)10-19-9-13-5-3-2-4-6-13/h2-6,14,16H,7-12H2,1H3/q+1/t14-,16-,21?/m0/s1. The molecule has 1 amide bonds. The molecule has 3 rings (SSSR count). The van der Waals surface area contributed by atoms with Gasteiger partial charge in [-0.3, -0.25) is 4.79 Å². The molecule has 0 saturated carbocycles. The molecule has 5 heteroatoms. The highest BCUT2D eigenvalue weighted by Gasteiger charge is 2.42. The number of rotatable bonds is 4. The zero-order valence-corrected chi connectivity index (χ0v) is 13.2. The van der Waals surface area contributed by atoms with E-state index < -0.39 is 0 Å². The zero-order chi connectivity index (χ0) is 14.7. The minimum atomic E-state index is -0.0275. The monoisotopic (exact) mass is 308 g/mol. The fourth-order valence-corrected chi connectivity index (χ4v) is 4.20. The number of carbonyl (C=O) groups is 1. The summed E-state index contributed by atoms with van der Waals surface area (Å²) in [6, 6.07) is 10.2. The molecule has 2 saturated heterocycles. The van der Waals surface area contributed by atoms with Crippen molar-refractivity contribution >= 4 is 16.8 Å². The molecule has 114 valence electrons. The van der Waals surface area contributed by atoms with Crippen molar-refractivity contribution in [2.24, 2.45) is 0 Å². The van der Waals surface area contributed by atoms with Crippen molar-refractivity contribution in [1.29, 1.82) is 0 Å². The molecule has 2 heterocycles. The van der Waals surface area contributed by atoms with Gasteiger partial charge in [0.05, 0.1) is 32.1 Å². The van der Waals surface area contributed by atoms with Gasteiger partial charge in [-0.05, 0) is 16.5 Å². The highest BCUT2D eigenvalue weighted by Crippen LogP contribution is 2.24. The lowest BCUT2D eigenvalue weighted by Gasteiger charge is -2.25. The molecule has 3 atom stereocenters. The summed E-state index contributed by atoms with van der Waals surface area (Å²) >= 11 is 0. The third-order valence-electron chi connectivity index (χ3n) is 3.98. The minimum absolute atomic E-state index is 0.0275. The first-order chi connectivity index (χ1) is 10.2. The number of ether oxygens (including phenoxy) is 2. The van der Waals surface area contributed by atoms with Gasteiger partial charge in [-0.25, -0.2) is 0 Å². The summed E-state index contributed by atoms with van der Waals surface area (Å²) in [6.07, 6.45) is 3.10. The lowest BCUT2D eigenvalue weighted by Crippen LogP contribution is -2.44. The molecule has 0 aliphatic carbocycles. The largest absolute Gasteiger partial charge is 0.375 e. The summed E-state index contributed by atoms with van der Waals surface area (Å²) in [5, 5.41) is 0. The smallest absolute Gasteiger partial charge is 0.274 e. The molecular formula is C16H22NO3S+. The molecule has 2 fully saturated rings. The van der Waals surface area contributed by atoms with Crippen LogP contribution in [-0.2, 0) is 31.8 Å². The van der Waals surface area contributed by atoms with Gasteiger partial charge in [0, 0.05) is 6.42 Å². The van der Waals surface area contributed by atoms with Crippen molar-refractivity contribution in [3.63, 3.8) is 0 Å². The molecule has 0 spiro atoms. The van der Waals surface area contributed by atoms with Crippen LogP contribution in [-0.4, -0.2) is 54.1 Å². The predicted molar refractivity (Wildman–Crippen MR) is 84.1 cm³/mol. The lowest BCUT2D eigenvalue weighted by atomic mass is 10.2. The second-order valence-corrected chi connectivity index (χ2v) is 7.92. The summed E-state index contributed by atoms with van der Waals surface area (Å²) in [7, 11) is 0.191. The summed E-state index contributed by atoms with van der Waals surface area (Å²) in [4.78, 5) is 14.3. The van der Waals surface area contributed by atoms with E-state index in [4.69, 9.17) is 9.47 Å². The Balaban J connectivity index is 1.55. The van der Waals surface area contributed by atoms with E-state index in [1.54, 1.807) is 0 Å². The molecule has 1 aromatic carbocycles. The van der Waals surface area contributed by atoms with E-state index in [0.717, 1.165) is 17.7 Å². The summed E-state index contributed by atoms with van der Waals surface area (Å²) < 4.78 is 11.6. The van der Waals surface area contributed by atoms with E-state index >= 15 is 0 Å². The van der Waals surface area contributed by atoms with Gasteiger partial charge in [-0.15, -0.1) is 0 Å². The molecule has 21 heavy (non-hydrogen) atoms. The fourth-order valence-electron chi connectivity index (χ4n) is 2.88. The third-order valence-corrected chi connectivity index (χ3v) is 5.65. The van der Waals surface area contributed by atoms with Gasteiger partial charge in [-0.2, -0.15) is 0 Å². The Morgan fingerprint density at radius 2 is 2.19 bits per heavy atom. The number of fused-ring (bicyclic) bond motifs is 1. The van der Waals surface area contributed by atoms with Gasteiger partial charge < -0.3 is 14.4 Å². The second kappa shape index (κ2) is 6.81. The molecule has 4 nitrogen and oxygen atoms in total. The second-order valence-electron chi connectivity index (χ2n) is 5.66. The van der Waals surface area contributed by atoms with Crippen LogP contribution < -0.4 is 0 Å². The van der Waals surface area contributed by atoms with Gasteiger partial charge in [0.2, 0.25) is 0 Å². The number of benzene rings is 1. The Hall–Kier alpha value is -1.04. The first kappa shape index (κ1) is 14.9. The summed E-state index contributed by atoms with van der Waals surface area (Å²) in [5.41, 5.74) is 1.16. The van der Waals surface area contributed by atoms with Crippen LogP contribution in [0.3, 0.4) is 0 Å². The van der Waals surface area contributed by atoms with Crippen molar-refractivity contribution in [2.45, 2.75) is 25.3 Å².